The number of rotatable bonds is 3. The number of para-hydroxylation sites is 1. The molecule has 35 heavy (non-hydrogen) atoms. The molecule has 0 aliphatic carbocycles. The number of carbonyl (C=O) groups excluding carboxylic acids is 1. The van der Waals surface area contributed by atoms with Crippen molar-refractivity contribution in [2.45, 2.75) is 45.1 Å². The number of carbonyl (C=O) groups is 1. The fourth-order valence-electron chi connectivity index (χ4n) is 4.85. The highest BCUT2D eigenvalue weighted by atomic mass is 16.6. The average Bonchev–Trinajstić information content (AvgIpc) is 3.21. The highest BCUT2D eigenvalue weighted by Gasteiger charge is 2.29. The molecule has 0 unspecified atom stereocenters. The van der Waals surface area contributed by atoms with E-state index < -0.39 is 5.60 Å². The van der Waals surface area contributed by atoms with Crippen molar-refractivity contribution in [3.05, 3.63) is 64.6 Å². The van der Waals surface area contributed by atoms with Crippen LogP contribution in [0.1, 0.15) is 45.2 Å². The van der Waals surface area contributed by atoms with Gasteiger partial charge >= 0.3 is 6.09 Å². The number of methoxy groups -OCH3 is 1. The van der Waals surface area contributed by atoms with Crippen molar-refractivity contribution in [2.75, 3.05) is 20.2 Å². The molecule has 1 aliphatic heterocycles. The lowest BCUT2D eigenvalue weighted by Gasteiger charge is -2.33. The summed E-state index contributed by atoms with van der Waals surface area (Å²) in [6, 6.07) is 15.4. The summed E-state index contributed by atoms with van der Waals surface area (Å²) < 4.78 is 13.0. The van der Waals surface area contributed by atoms with E-state index in [4.69, 9.17) is 14.6 Å². The summed E-state index contributed by atoms with van der Waals surface area (Å²) in [4.78, 5) is 30.0. The molecule has 1 N–H and O–H groups in total. The lowest BCUT2D eigenvalue weighted by molar-refractivity contribution is 0.0203. The summed E-state index contributed by atoms with van der Waals surface area (Å²) >= 11 is 0. The van der Waals surface area contributed by atoms with Gasteiger partial charge in [-0.2, -0.15) is 5.10 Å². The predicted molar refractivity (Wildman–Crippen MR) is 135 cm³/mol. The number of hydrogen-bond donors (Lipinski definition) is 1. The summed E-state index contributed by atoms with van der Waals surface area (Å²) in [5, 5.41) is 5.75. The van der Waals surface area contributed by atoms with Crippen molar-refractivity contribution in [2.24, 2.45) is 0 Å². The number of aromatic amines is 1. The number of piperidine rings is 1. The fourth-order valence-corrected chi connectivity index (χ4v) is 4.85. The van der Waals surface area contributed by atoms with Gasteiger partial charge in [-0.3, -0.25) is 4.79 Å². The molecule has 8 heteroatoms. The number of hydrogen-bond acceptors (Lipinski definition) is 5. The molecule has 1 aliphatic rings. The standard InChI is InChI=1S/C27H30N4O4/c1-27(2,3)35-26(33)30-14-12-17(13-15-30)21-16-23(32)28-25-24-19(9-7-10-20(24)29-31(21)25)18-8-5-6-11-22(18)34-4/h5-11,16-17H,12-15H2,1-4H3,(H,28,32). The van der Waals surface area contributed by atoms with Crippen LogP contribution in [-0.4, -0.2) is 51.4 Å². The molecule has 0 bridgehead atoms. The largest absolute Gasteiger partial charge is 0.496 e. The monoisotopic (exact) mass is 474 g/mol. The van der Waals surface area contributed by atoms with E-state index in [1.54, 1.807) is 18.1 Å². The molecule has 182 valence electrons. The number of nitrogens with zero attached hydrogens (tertiary/aromatic N) is 3. The van der Waals surface area contributed by atoms with Crippen molar-refractivity contribution in [3.63, 3.8) is 0 Å². The Balaban J connectivity index is 1.54. The first-order valence-corrected chi connectivity index (χ1v) is 11.9. The Hall–Kier alpha value is -3.81. The molecule has 0 saturated carbocycles. The van der Waals surface area contributed by atoms with Gasteiger partial charge in [-0.05, 0) is 51.3 Å². The van der Waals surface area contributed by atoms with Crippen LogP contribution in [0.3, 0.4) is 0 Å². The predicted octanol–water partition coefficient (Wildman–Crippen LogP) is 4.97. The number of H-pyrrole nitrogens is 1. The van der Waals surface area contributed by atoms with Crippen LogP contribution >= 0.6 is 0 Å². The van der Waals surface area contributed by atoms with Gasteiger partial charge in [0.2, 0.25) is 0 Å². The van der Waals surface area contributed by atoms with E-state index in [-0.39, 0.29) is 17.6 Å². The Morgan fingerprint density at radius 3 is 2.49 bits per heavy atom. The van der Waals surface area contributed by atoms with Crippen molar-refractivity contribution in [1.29, 1.82) is 0 Å². The van der Waals surface area contributed by atoms with Gasteiger partial charge in [0.1, 0.15) is 17.0 Å². The molecule has 1 amide bonds. The molecular formula is C27H30N4O4. The number of fused-ring (bicyclic) bond motifs is 3. The van der Waals surface area contributed by atoms with Crippen LogP contribution in [0.5, 0.6) is 5.75 Å². The maximum Gasteiger partial charge on any atom is 0.410 e. The molecule has 5 rings (SSSR count). The third kappa shape index (κ3) is 4.36. The zero-order chi connectivity index (χ0) is 24.7. The second-order valence-electron chi connectivity index (χ2n) is 9.96. The van der Waals surface area contributed by atoms with Gasteiger partial charge in [0.05, 0.1) is 23.7 Å². The van der Waals surface area contributed by atoms with E-state index >= 15 is 0 Å². The Bertz CT molecular complexity index is 1460. The summed E-state index contributed by atoms with van der Waals surface area (Å²) in [5.74, 6) is 0.856. The molecule has 4 aromatic rings. The van der Waals surface area contributed by atoms with Crippen molar-refractivity contribution in [1.82, 2.24) is 19.5 Å². The number of nitrogens with one attached hydrogen (secondary N) is 1. The zero-order valence-corrected chi connectivity index (χ0v) is 20.5. The number of benzene rings is 2. The van der Waals surface area contributed by atoms with Crippen LogP contribution in [-0.2, 0) is 4.74 Å². The van der Waals surface area contributed by atoms with E-state index in [1.807, 2.05) is 67.8 Å². The average molecular weight is 475 g/mol. The Labute approximate surface area is 203 Å². The maximum absolute atomic E-state index is 12.8. The van der Waals surface area contributed by atoms with E-state index in [0.717, 1.165) is 46.3 Å². The molecular weight excluding hydrogens is 444 g/mol. The van der Waals surface area contributed by atoms with Gasteiger partial charge in [0, 0.05) is 30.6 Å². The van der Waals surface area contributed by atoms with Crippen LogP contribution in [0, 0.1) is 0 Å². The molecule has 1 saturated heterocycles. The highest BCUT2D eigenvalue weighted by Crippen LogP contribution is 2.37. The molecule has 3 heterocycles. The van der Waals surface area contributed by atoms with Gasteiger partial charge in [-0.1, -0.05) is 30.3 Å². The van der Waals surface area contributed by atoms with Crippen LogP contribution in [0.15, 0.2) is 53.3 Å². The van der Waals surface area contributed by atoms with E-state index in [1.165, 1.54) is 0 Å². The summed E-state index contributed by atoms with van der Waals surface area (Å²) in [5.41, 5.74) is 3.51. The third-order valence-electron chi connectivity index (χ3n) is 6.43. The summed E-state index contributed by atoms with van der Waals surface area (Å²) in [6.45, 7) is 6.74. The molecule has 8 nitrogen and oxygen atoms in total. The van der Waals surface area contributed by atoms with Crippen LogP contribution in [0.2, 0.25) is 0 Å². The lowest BCUT2D eigenvalue weighted by Crippen LogP contribution is -2.41. The van der Waals surface area contributed by atoms with Gasteiger partial charge in [-0.15, -0.1) is 0 Å². The minimum absolute atomic E-state index is 0.0995. The van der Waals surface area contributed by atoms with Gasteiger partial charge in [0.25, 0.3) is 5.56 Å². The first-order valence-electron chi connectivity index (χ1n) is 11.9. The number of likely N-dealkylation sites (tertiary alicyclic amines) is 1. The fraction of sp³-hybridized carbons (Fsp3) is 0.370. The van der Waals surface area contributed by atoms with Crippen LogP contribution in [0.4, 0.5) is 4.79 Å². The Morgan fingerprint density at radius 2 is 1.77 bits per heavy atom. The van der Waals surface area contributed by atoms with Crippen LogP contribution in [0.25, 0.3) is 27.7 Å². The molecule has 0 atom stereocenters. The first-order chi connectivity index (χ1) is 16.7. The molecule has 2 aromatic heterocycles. The molecule has 0 radical (unpaired) electrons. The zero-order valence-electron chi connectivity index (χ0n) is 20.5. The second kappa shape index (κ2) is 8.76. The quantitative estimate of drug-likeness (QED) is 0.453. The van der Waals surface area contributed by atoms with Gasteiger partial charge < -0.3 is 19.4 Å². The maximum atomic E-state index is 12.8. The van der Waals surface area contributed by atoms with E-state index in [2.05, 4.69) is 4.98 Å². The van der Waals surface area contributed by atoms with Crippen molar-refractivity contribution >= 4 is 22.6 Å². The van der Waals surface area contributed by atoms with E-state index in [9.17, 15) is 9.59 Å². The molecule has 0 spiro atoms. The number of amides is 1. The Kier molecular flexibility index (Phi) is 5.75. The summed E-state index contributed by atoms with van der Waals surface area (Å²) in [6.07, 6.45) is 1.17. The van der Waals surface area contributed by atoms with Gasteiger partial charge in [0.15, 0.2) is 0 Å². The number of ether oxygens (including phenoxy) is 2. The third-order valence-corrected chi connectivity index (χ3v) is 6.43. The summed E-state index contributed by atoms with van der Waals surface area (Å²) in [7, 11) is 1.65. The highest BCUT2D eigenvalue weighted by molar-refractivity contribution is 6.04. The number of aromatic nitrogens is 3. The molecule has 1 fully saturated rings. The SMILES string of the molecule is COc1ccccc1-c1cccc2nn3c(C4CCN(C(=O)OC(C)(C)C)CC4)cc(=O)[nH]c3c12. The van der Waals surface area contributed by atoms with Gasteiger partial charge in [-0.25, -0.2) is 9.31 Å². The second-order valence-corrected chi connectivity index (χ2v) is 9.96. The first kappa shape index (κ1) is 23.0. The minimum atomic E-state index is -0.527. The topological polar surface area (TPSA) is 88.9 Å². The minimum Gasteiger partial charge on any atom is -0.496 e. The van der Waals surface area contributed by atoms with E-state index in [0.29, 0.717) is 18.7 Å². The van der Waals surface area contributed by atoms with Crippen molar-refractivity contribution < 1.29 is 14.3 Å². The van der Waals surface area contributed by atoms with Crippen molar-refractivity contribution in [3.8, 4) is 16.9 Å². The van der Waals surface area contributed by atoms with Crippen LogP contribution < -0.4 is 10.3 Å². The normalized spacial score (nSPS) is 15.0. The lowest BCUT2D eigenvalue weighted by atomic mass is 9.93. The smallest absolute Gasteiger partial charge is 0.410 e. The molecule has 2 aromatic carbocycles. The Morgan fingerprint density at radius 1 is 1.06 bits per heavy atom.